The Hall–Kier alpha value is -9.94. The van der Waals surface area contributed by atoms with Gasteiger partial charge in [0.2, 0.25) is 59.3 Å². The summed E-state index contributed by atoms with van der Waals surface area (Å²) in [4.78, 5) is 137. The molecule has 18 N–H and O–H groups in total. The van der Waals surface area contributed by atoms with Crippen molar-refractivity contribution in [2.75, 3.05) is 53.4 Å². The molecular formula is C72H88ClN11O22. The Morgan fingerprint density at radius 1 is 0.698 bits per heavy atom. The molecular weight excluding hydrogens is 1410 g/mol. The first-order chi connectivity index (χ1) is 50.5. The van der Waals surface area contributed by atoms with Gasteiger partial charge in [-0.25, -0.2) is 4.79 Å². The largest absolute Gasteiger partial charge is 0.507 e. The number of aryl methyl sites for hydroxylation is 1. The van der Waals surface area contributed by atoms with E-state index in [2.05, 4.69) is 42.5 Å². The first-order valence-corrected chi connectivity index (χ1v) is 35.0. The van der Waals surface area contributed by atoms with Gasteiger partial charge >= 0.3 is 6.09 Å². The summed E-state index contributed by atoms with van der Waals surface area (Å²) in [5, 5.41) is 114. The van der Waals surface area contributed by atoms with Crippen LogP contribution < -0.4 is 67.2 Å². The van der Waals surface area contributed by atoms with Crippen LogP contribution in [0, 0.1) is 12.8 Å². The summed E-state index contributed by atoms with van der Waals surface area (Å²) in [6.45, 7) is 7.41. The number of carbonyl (C=O) groups excluding carboxylic acids is 9. The monoisotopic (exact) mass is 1490 g/mol. The Kier molecular flexibility index (Phi) is 25.3. The Morgan fingerprint density at radius 2 is 1.35 bits per heavy atom. The minimum absolute atomic E-state index is 0.0138. The predicted molar refractivity (Wildman–Crippen MR) is 376 cm³/mol. The molecule has 7 aliphatic rings. The van der Waals surface area contributed by atoms with Crippen molar-refractivity contribution in [3.8, 4) is 57.1 Å². The summed E-state index contributed by atoms with van der Waals surface area (Å²) < 4.78 is 31.1. The van der Waals surface area contributed by atoms with Gasteiger partial charge in [-0.1, -0.05) is 69.8 Å². The number of fused-ring (bicyclic) bond motifs is 15. The molecule has 7 aliphatic heterocycles. The molecule has 11 bridgehead atoms. The SMILES string of the molecule is CCCCCCNC(=O)Oc1cc(O)c2c(c1)[C@@H](C(=O)N1CCN(C)CC1)NC(=O)[C@H]1NC(=O)[C@H](NC(=O)[C@@H]3NC(=O)[C@H](CC(N)=O)NC(=O)[C@H](NC(=O)[C@@H](CC(C)C)NC)[C@H](O)c4ccc(c(C)c4)Oc4cc3cc(c4O[C@@H]3O[C@H](CO)[C@@H](O)[C@H](O)[C@H]3O)Oc3ccc(cc3Cl)[C@H]1O)c1ccc(O)c-2c1. The number of likely N-dealkylation sites (N-methyl/N-ethyl adjacent to an activating group) is 2. The highest BCUT2D eigenvalue weighted by Gasteiger charge is 2.47. The lowest BCUT2D eigenvalue weighted by Gasteiger charge is -2.39. The maximum Gasteiger partial charge on any atom is 0.412 e. The van der Waals surface area contributed by atoms with Crippen LogP contribution in [0.3, 0.4) is 0 Å². The number of aromatic hydroxyl groups is 2. The molecule has 2 saturated heterocycles. The minimum atomic E-state index is -2.28. The van der Waals surface area contributed by atoms with E-state index in [1.807, 2.05) is 32.7 Å². The highest BCUT2D eigenvalue weighted by Crippen LogP contribution is 2.49. The first-order valence-electron chi connectivity index (χ1n) is 34.7. The lowest BCUT2D eigenvalue weighted by Crippen LogP contribution is -2.60. The van der Waals surface area contributed by atoms with Gasteiger partial charge in [0, 0.05) is 49.9 Å². The molecule has 570 valence electrons. The van der Waals surface area contributed by atoms with Crippen molar-refractivity contribution in [3.63, 3.8) is 0 Å². The van der Waals surface area contributed by atoms with E-state index in [4.69, 9.17) is 41.0 Å². The molecule has 0 saturated carbocycles. The van der Waals surface area contributed by atoms with Crippen molar-refractivity contribution < 1.29 is 108 Å². The zero-order valence-electron chi connectivity index (χ0n) is 58.8. The molecule has 7 heterocycles. The maximum atomic E-state index is 16.2. The Morgan fingerprint density at radius 3 is 2.00 bits per heavy atom. The number of hydrogen-bond donors (Lipinski definition) is 17. The lowest BCUT2D eigenvalue weighted by molar-refractivity contribution is -0.277. The van der Waals surface area contributed by atoms with Crippen LogP contribution in [-0.4, -0.2) is 212 Å². The number of halogens is 1. The number of piperazine rings is 1. The molecule has 0 unspecified atom stereocenters. The number of aliphatic hydroxyl groups excluding tert-OH is 6. The molecule has 0 aliphatic carbocycles. The van der Waals surface area contributed by atoms with Crippen LogP contribution in [0.2, 0.25) is 5.02 Å². The smallest absolute Gasteiger partial charge is 0.412 e. The average molecular weight is 1500 g/mol. The van der Waals surface area contributed by atoms with E-state index < -0.39 is 186 Å². The molecule has 34 heteroatoms. The third kappa shape index (κ3) is 17.8. The van der Waals surface area contributed by atoms with E-state index in [-0.39, 0.29) is 93.2 Å². The summed E-state index contributed by atoms with van der Waals surface area (Å²) in [7, 11) is 3.33. The third-order valence-electron chi connectivity index (χ3n) is 19.0. The normalized spacial score (nSPS) is 25.2. The zero-order chi connectivity index (χ0) is 76.7. The van der Waals surface area contributed by atoms with Crippen LogP contribution in [-0.2, 0) is 43.1 Å². The van der Waals surface area contributed by atoms with Crippen molar-refractivity contribution in [1.82, 2.24) is 52.3 Å². The standard InChI is InChI=1S/C72H88ClN11O22/c1-7-8-9-10-17-76-72(101)102-38-28-40-52(45(87)29-38)39-24-34(11-14-44(39)86)53-66(96)82-57(69(99)80-55(40)70(100)84-20-18-83(6)19-21-84)59(90)36-13-16-47(41(73)25-36)104-49-27-37-26-48(63(49)106-71-62(93)61(92)60(91)50(31-85)105-71)103-46-15-12-35(23-33(46)4)58(89)56(81-64(94)42(75-5)22-32(2)3)68(98)77-43(30-51(74)88)65(95)78-54(37)67(97)79-53/h11-16,23-29,32,42-43,50,53-62,71,75,85-87,89-93H,7-10,17-22,30-31H2,1-6H3,(H2,74,88)(H,76,101)(H,77,98)(H,78,95)(H,79,97)(H,80,99)(H,81,94)(H,82,96)/t42-,43+,50-,53-,54-,55+,56-,57+,58-,59-,60-,61+,62-,71+/m1/s1. The zero-order valence-corrected chi connectivity index (χ0v) is 59.5. The van der Waals surface area contributed by atoms with E-state index in [0.717, 1.165) is 61.7 Å². The second-order valence-corrected chi connectivity index (χ2v) is 27.6. The number of hydrogen-bond acceptors (Lipinski definition) is 24. The number of nitrogens with two attached hydrogens (primary N) is 1. The predicted octanol–water partition coefficient (Wildman–Crippen LogP) is 1.18. The molecule has 9 amide bonds. The molecule has 14 atom stereocenters. The summed E-state index contributed by atoms with van der Waals surface area (Å²) in [6, 6.07) is 1.69. The van der Waals surface area contributed by atoms with Crippen molar-refractivity contribution in [2.24, 2.45) is 11.7 Å². The Balaban J connectivity index is 1.21. The maximum absolute atomic E-state index is 16.2. The Labute approximate surface area is 613 Å². The van der Waals surface area contributed by atoms with Gasteiger partial charge in [0.05, 0.1) is 24.1 Å². The molecule has 33 nitrogen and oxygen atoms in total. The number of amides is 9. The van der Waals surface area contributed by atoms with Gasteiger partial charge in [0.25, 0.3) is 0 Å². The van der Waals surface area contributed by atoms with Crippen molar-refractivity contribution in [2.45, 2.75) is 151 Å². The number of nitrogens with one attached hydrogen (secondary N) is 8. The lowest BCUT2D eigenvalue weighted by atomic mass is 9.89. The number of aliphatic hydroxyl groups is 6. The summed E-state index contributed by atoms with van der Waals surface area (Å²) in [5.41, 5.74) is 4.03. The van der Waals surface area contributed by atoms with Gasteiger partial charge in [-0.15, -0.1) is 0 Å². The highest BCUT2D eigenvalue weighted by atomic mass is 35.5. The number of nitrogens with zero attached hydrogens (tertiary/aromatic N) is 2. The van der Waals surface area contributed by atoms with E-state index in [1.165, 1.54) is 55.3 Å². The van der Waals surface area contributed by atoms with E-state index in [1.54, 1.807) is 0 Å². The molecule has 5 aromatic carbocycles. The van der Waals surface area contributed by atoms with E-state index in [0.29, 0.717) is 19.5 Å². The van der Waals surface area contributed by atoms with Crippen molar-refractivity contribution >= 4 is 65.0 Å². The van der Waals surface area contributed by atoms with Crippen molar-refractivity contribution in [3.05, 3.63) is 117 Å². The fourth-order valence-corrected chi connectivity index (χ4v) is 13.3. The second kappa shape index (κ2) is 34.1. The van der Waals surface area contributed by atoms with Gasteiger partial charge in [-0.3, -0.25) is 38.4 Å². The first kappa shape index (κ1) is 78.6. The number of rotatable bonds is 17. The molecule has 106 heavy (non-hydrogen) atoms. The van der Waals surface area contributed by atoms with Crippen LogP contribution >= 0.6 is 11.6 Å². The topological polar surface area (TPSA) is 490 Å². The van der Waals surface area contributed by atoms with Gasteiger partial charge in [0.15, 0.2) is 11.5 Å². The van der Waals surface area contributed by atoms with Gasteiger partial charge in [-0.2, -0.15) is 0 Å². The molecule has 2 fully saturated rings. The molecule has 12 rings (SSSR count). The average Bonchev–Trinajstić information content (AvgIpc) is 0.763. The fourth-order valence-electron chi connectivity index (χ4n) is 13.1. The van der Waals surface area contributed by atoms with Crippen LogP contribution in [0.1, 0.15) is 123 Å². The number of unbranched alkanes of at least 4 members (excludes halogenated alkanes) is 3. The van der Waals surface area contributed by atoms with Gasteiger partial charge in [-0.05, 0) is 128 Å². The summed E-state index contributed by atoms with van der Waals surface area (Å²) >= 11 is 7.12. The van der Waals surface area contributed by atoms with Crippen LogP contribution in [0.25, 0.3) is 11.1 Å². The third-order valence-corrected chi connectivity index (χ3v) is 19.2. The van der Waals surface area contributed by atoms with E-state index >= 15 is 24.0 Å². The molecule has 5 aromatic rings. The molecule has 0 radical (unpaired) electrons. The van der Waals surface area contributed by atoms with Crippen molar-refractivity contribution in [1.29, 1.82) is 0 Å². The highest BCUT2D eigenvalue weighted by molar-refractivity contribution is 6.32. The number of primary amides is 1. The molecule has 0 spiro atoms. The summed E-state index contributed by atoms with van der Waals surface area (Å²) in [5.74, 6) is -13.3. The number of phenolic OH excluding ortho intramolecular Hbond substituents is 2. The number of ether oxygens (including phenoxy) is 5. The molecule has 0 aromatic heterocycles. The minimum Gasteiger partial charge on any atom is -0.507 e. The Bertz CT molecular complexity index is 4160. The number of carbonyl (C=O) groups is 9. The summed E-state index contributed by atoms with van der Waals surface area (Å²) in [6.07, 6.45) is -12.4. The number of phenols is 2. The van der Waals surface area contributed by atoms with Gasteiger partial charge < -0.3 is 123 Å². The van der Waals surface area contributed by atoms with Crippen LogP contribution in [0.5, 0.6) is 46.0 Å². The number of benzene rings is 5. The van der Waals surface area contributed by atoms with E-state index in [9.17, 15) is 60.0 Å². The quantitative estimate of drug-likeness (QED) is 0.0581. The van der Waals surface area contributed by atoms with Crippen LogP contribution in [0.15, 0.2) is 78.9 Å². The van der Waals surface area contributed by atoms with Gasteiger partial charge in [0.1, 0.15) is 102 Å². The van der Waals surface area contributed by atoms with Crippen LogP contribution in [0.4, 0.5) is 4.79 Å². The second-order valence-electron chi connectivity index (χ2n) is 27.2. The fraction of sp³-hybridized carbons (Fsp3) is 0.458.